The molecular weight excluding hydrogens is 196 g/mol. The summed E-state index contributed by atoms with van der Waals surface area (Å²) in [5, 5.41) is 0. The highest BCUT2D eigenvalue weighted by atomic mass is 32.2. The van der Waals surface area contributed by atoms with Gasteiger partial charge in [-0.25, -0.2) is 4.79 Å². The summed E-state index contributed by atoms with van der Waals surface area (Å²) in [6.07, 6.45) is 8.36. The number of hydrogen-bond acceptors (Lipinski definition) is 3. The predicted molar refractivity (Wildman–Crippen MR) is 58.4 cm³/mol. The van der Waals surface area contributed by atoms with Gasteiger partial charge in [0.25, 0.3) is 0 Å². The van der Waals surface area contributed by atoms with Crippen LogP contribution in [0.4, 0.5) is 0 Å². The Balaban J connectivity index is 2.55. The topological polar surface area (TPSA) is 26.3 Å². The lowest BCUT2D eigenvalue weighted by Crippen LogP contribution is -1.89. The summed E-state index contributed by atoms with van der Waals surface area (Å²) in [7, 11) is 0. The van der Waals surface area contributed by atoms with E-state index in [1.165, 1.54) is 6.08 Å². The van der Waals surface area contributed by atoms with Gasteiger partial charge in [-0.05, 0) is 30.2 Å². The normalized spacial score (nSPS) is 18.0. The molecule has 1 heterocycles. The molecule has 0 amide bonds. The molecule has 0 aliphatic carbocycles. The van der Waals surface area contributed by atoms with Gasteiger partial charge in [0.05, 0.1) is 0 Å². The number of ether oxygens (including phenoxy) is 1. The Morgan fingerprint density at radius 2 is 2.29 bits per heavy atom. The molecule has 2 nitrogen and oxygen atoms in total. The lowest BCUT2D eigenvalue weighted by atomic mass is 10.4. The second-order valence-corrected chi connectivity index (χ2v) is 3.60. The fourth-order valence-corrected chi connectivity index (χ4v) is 0.904. The number of allylic oxidation sites excluding steroid dienone is 4. The van der Waals surface area contributed by atoms with Crippen molar-refractivity contribution in [3.05, 3.63) is 35.0 Å². The molecule has 0 spiro atoms. The van der Waals surface area contributed by atoms with E-state index in [4.69, 9.17) is 4.74 Å². The molecule has 0 atom stereocenters. The van der Waals surface area contributed by atoms with E-state index in [1.54, 1.807) is 23.9 Å². The van der Waals surface area contributed by atoms with Gasteiger partial charge in [-0.1, -0.05) is 11.8 Å². The van der Waals surface area contributed by atoms with Crippen molar-refractivity contribution in [3.8, 4) is 11.8 Å². The molecule has 0 bridgehead atoms. The lowest BCUT2D eigenvalue weighted by Gasteiger charge is -1.89. The van der Waals surface area contributed by atoms with Crippen LogP contribution in [0.15, 0.2) is 35.0 Å². The molecule has 0 N–H and O–H groups in total. The first kappa shape index (κ1) is 10.7. The Morgan fingerprint density at radius 3 is 2.86 bits per heavy atom. The van der Waals surface area contributed by atoms with E-state index < -0.39 is 0 Å². The second kappa shape index (κ2) is 5.36. The van der Waals surface area contributed by atoms with Crippen molar-refractivity contribution in [1.29, 1.82) is 0 Å². The van der Waals surface area contributed by atoms with Crippen molar-refractivity contribution in [1.82, 2.24) is 0 Å². The Bertz CT molecular complexity index is 378. The van der Waals surface area contributed by atoms with Crippen LogP contribution in [0.3, 0.4) is 0 Å². The molecule has 14 heavy (non-hydrogen) atoms. The number of hydrogen-bond donors (Lipinski definition) is 0. The molecule has 0 aromatic heterocycles. The summed E-state index contributed by atoms with van der Waals surface area (Å²) < 4.78 is 4.78. The van der Waals surface area contributed by atoms with Gasteiger partial charge >= 0.3 is 5.97 Å². The van der Waals surface area contributed by atoms with Crippen LogP contribution in [0, 0.1) is 11.8 Å². The van der Waals surface area contributed by atoms with Gasteiger partial charge in [0, 0.05) is 12.2 Å². The molecule has 3 heteroatoms. The van der Waals surface area contributed by atoms with Crippen molar-refractivity contribution in [2.45, 2.75) is 6.92 Å². The number of carbonyl (C=O) groups is 1. The Labute approximate surface area is 87.7 Å². The molecule has 0 saturated carbocycles. The fourth-order valence-electron chi connectivity index (χ4n) is 0.727. The van der Waals surface area contributed by atoms with Crippen molar-refractivity contribution >= 4 is 17.7 Å². The highest BCUT2D eigenvalue weighted by molar-refractivity contribution is 8.02. The lowest BCUT2D eigenvalue weighted by molar-refractivity contribution is -0.132. The van der Waals surface area contributed by atoms with E-state index in [2.05, 4.69) is 11.8 Å². The third kappa shape index (κ3) is 3.55. The second-order valence-electron chi connectivity index (χ2n) is 2.55. The van der Waals surface area contributed by atoms with E-state index in [1.807, 2.05) is 19.3 Å². The quantitative estimate of drug-likeness (QED) is 0.486. The van der Waals surface area contributed by atoms with Crippen molar-refractivity contribution in [2.24, 2.45) is 0 Å². The van der Waals surface area contributed by atoms with E-state index in [0.29, 0.717) is 5.76 Å². The van der Waals surface area contributed by atoms with Crippen molar-refractivity contribution in [3.63, 3.8) is 0 Å². The van der Waals surface area contributed by atoms with Gasteiger partial charge in [0.2, 0.25) is 0 Å². The van der Waals surface area contributed by atoms with E-state index in [9.17, 15) is 4.79 Å². The van der Waals surface area contributed by atoms with Gasteiger partial charge in [-0.2, -0.15) is 0 Å². The third-order valence-corrected chi connectivity index (χ3v) is 2.26. The molecule has 0 fully saturated rings. The first-order chi connectivity index (χ1) is 6.72. The number of carbonyl (C=O) groups excluding carboxylic acids is 1. The fraction of sp³-hybridized carbons (Fsp3) is 0.182. The summed E-state index contributed by atoms with van der Waals surface area (Å²) in [6, 6.07) is 0. The monoisotopic (exact) mass is 206 g/mol. The number of rotatable bonds is 1. The molecule has 72 valence electrons. The zero-order valence-corrected chi connectivity index (χ0v) is 8.85. The summed E-state index contributed by atoms with van der Waals surface area (Å²) in [5.74, 6) is 5.79. The first-order valence-electron chi connectivity index (χ1n) is 4.04. The summed E-state index contributed by atoms with van der Waals surface area (Å²) in [5.41, 5.74) is 0. The molecule has 0 radical (unpaired) electrons. The van der Waals surface area contributed by atoms with Crippen LogP contribution in [-0.4, -0.2) is 12.2 Å². The number of thioether (sulfide) groups is 1. The highest BCUT2D eigenvalue weighted by Gasteiger charge is 2.07. The average Bonchev–Trinajstić information content (AvgIpc) is 2.58. The predicted octanol–water partition coefficient (Wildman–Crippen LogP) is 2.25. The maximum absolute atomic E-state index is 10.6. The first-order valence-corrected chi connectivity index (χ1v) is 5.26. The average molecular weight is 206 g/mol. The van der Waals surface area contributed by atoms with Crippen LogP contribution in [0.5, 0.6) is 0 Å². The van der Waals surface area contributed by atoms with Crippen LogP contribution < -0.4 is 0 Å². The van der Waals surface area contributed by atoms with Crippen molar-refractivity contribution < 1.29 is 9.53 Å². The van der Waals surface area contributed by atoms with E-state index >= 15 is 0 Å². The minimum atomic E-state index is -0.339. The minimum Gasteiger partial charge on any atom is -0.423 e. The van der Waals surface area contributed by atoms with Crippen LogP contribution in [0.25, 0.3) is 0 Å². The zero-order valence-electron chi connectivity index (χ0n) is 8.03. The SMILES string of the molecule is CSC(C)=CC#CC=C1C=CC(=O)O1. The summed E-state index contributed by atoms with van der Waals surface area (Å²) in [6.45, 7) is 1.99. The smallest absolute Gasteiger partial charge is 0.336 e. The molecule has 1 aliphatic heterocycles. The molecular formula is C11H10O2S. The zero-order chi connectivity index (χ0) is 10.4. The standard InChI is InChI=1S/C11H10O2S/c1-9(14-2)5-3-4-6-10-7-8-11(12)13-10/h5-8H,1-2H3. The maximum Gasteiger partial charge on any atom is 0.336 e. The van der Waals surface area contributed by atoms with E-state index in [0.717, 1.165) is 4.91 Å². The molecule has 0 aromatic rings. The van der Waals surface area contributed by atoms with Crippen molar-refractivity contribution in [2.75, 3.05) is 6.26 Å². The van der Waals surface area contributed by atoms with Gasteiger partial charge in [0.1, 0.15) is 5.76 Å². The molecule has 0 saturated heterocycles. The highest BCUT2D eigenvalue weighted by Crippen LogP contribution is 2.09. The Morgan fingerprint density at radius 1 is 1.50 bits per heavy atom. The van der Waals surface area contributed by atoms with Gasteiger partial charge in [0.15, 0.2) is 0 Å². The van der Waals surface area contributed by atoms with Crippen LogP contribution in [-0.2, 0) is 9.53 Å². The van der Waals surface area contributed by atoms with Gasteiger partial charge < -0.3 is 4.74 Å². The van der Waals surface area contributed by atoms with Gasteiger partial charge in [-0.3, -0.25) is 0 Å². The largest absolute Gasteiger partial charge is 0.423 e. The van der Waals surface area contributed by atoms with Crippen LogP contribution in [0.2, 0.25) is 0 Å². The molecule has 1 aliphatic rings. The Kier molecular flexibility index (Phi) is 4.09. The molecule has 0 aromatic carbocycles. The molecule has 0 unspecified atom stereocenters. The summed E-state index contributed by atoms with van der Waals surface area (Å²) in [4.78, 5) is 11.8. The van der Waals surface area contributed by atoms with Crippen LogP contribution in [0.1, 0.15) is 6.92 Å². The minimum absolute atomic E-state index is 0.339. The van der Waals surface area contributed by atoms with Crippen LogP contribution >= 0.6 is 11.8 Å². The maximum atomic E-state index is 10.6. The Hall–Kier alpha value is -1.40. The van der Waals surface area contributed by atoms with E-state index in [-0.39, 0.29) is 5.97 Å². The number of esters is 1. The number of cyclic esters (lactones) is 1. The third-order valence-electron chi connectivity index (χ3n) is 1.50. The summed E-state index contributed by atoms with van der Waals surface area (Å²) >= 11 is 1.65. The molecule has 1 rings (SSSR count). The van der Waals surface area contributed by atoms with Gasteiger partial charge in [-0.15, -0.1) is 11.8 Å².